The lowest BCUT2D eigenvalue weighted by Crippen LogP contribution is -1.89. The molecule has 0 aliphatic heterocycles. The fraction of sp³-hybridized carbons (Fsp3) is 0.273. The zero-order valence-electron chi connectivity index (χ0n) is 7.26. The Morgan fingerprint density at radius 1 is 1.42 bits per heavy atom. The largest absolute Gasteiger partial charge is 0.100 e. The predicted molar refractivity (Wildman–Crippen MR) is 57.5 cm³/mol. The van der Waals surface area contributed by atoms with Gasteiger partial charge in [-0.3, -0.25) is 0 Å². The quantitative estimate of drug-likeness (QED) is 0.536. The number of benzene rings is 1. The van der Waals surface area contributed by atoms with Crippen LogP contribution in [-0.2, 0) is 0 Å². The first kappa shape index (κ1) is 9.53. The maximum atomic E-state index is 3.89. The van der Waals surface area contributed by atoms with Crippen LogP contribution in [0.25, 0.3) is 0 Å². The van der Waals surface area contributed by atoms with Crippen LogP contribution < -0.4 is 0 Å². The van der Waals surface area contributed by atoms with E-state index in [1.54, 1.807) is 0 Å². The summed E-state index contributed by atoms with van der Waals surface area (Å²) in [6, 6.07) is 10.4. The normalized spacial score (nSPS) is 12.5. The molecular formula is C11H13Br. The maximum Gasteiger partial charge on any atom is 0.0432 e. The monoisotopic (exact) mass is 224 g/mol. The van der Waals surface area contributed by atoms with E-state index in [2.05, 4.69) is 53.7 Å². The van der Waals surface area contributed by atoms with Crippen molar-refractivity contribution in [2.24, 2.45) is 0 Å². The number of allylic oxidation sites excluding steroid dienone is 1. The lowest BCUT2D eigenvalue weighted by atomic mass is 10.1. The smallest absolute Gasteiger partial charge is 0.0432 e. The van der Waals surface area contributed by atoms with E-state index in [-0.39, 0.29) is 0 Å². The van der Waals surface area contributed by atoms with Gasteiger partial charge in [-0.25, -0.2) is 0 Å². The molecule has 64 valence electrons. The number of halogens is 1. The summed E-state index contributed by atoms with van der Waals surface area (Å²) in [4.78, 5) is 0.413. The Bertz CT molecular complexity index is 251. The molecule has 0 nitrogen and oxygen atoms in total. The van der Waals surface area contributed by atoms with Gasteiger partial charge in [0.15, 0.2) is 0 Å². The van der Waals surface area contributed by atoms with E-state index in [0.717, 1.165) is 6.42 Å². The summed E-state index contributed by atoms with van der Waals surface area (Å²) in [7, 11) is 0. The van der Waals surface area contributed by atoms with Gasteiger partial charge in [-0.05, 0) is 18.9 Å². The highest BCUT2D eigenvalue weighted by Gasteiger charge is 2.05. The molecule has 0 bridgehead atoms. The minimum Gasteiger partial charge on any atom is -0.100 e. The Morgan fingerprint density at radius 3 is 2.50 bits per heavy atom. The molecule has 0 aromatic heterocycles. The van der Waals surface area contributed by atoms with Crippen molar-refractivity contribution < 1.29 is 0 Å². The fourth-order valence-corrected chi connectivity index (χ4v) is 1.94. The highest BCUT2D eigenvalue weighted by molar-refractivity contribution is 9.09. The van der Waals surface area contributed by atoms with Crippen LogP contribution in [0.3, 0.4) is 0 Å². The van der Waals surface area contributed by atoms with Crippen molar-refractivity contribution in [3.05, 3.63) is 48.0 Å². The molecule has 1 unspecified atom stereocenters. The lowest BCUT2D eigenvalue weighted by Gasteiger charge is -2.08. The molecule has 0 aliphatic carbocycles. The highest BCUT2D eigenvalue weighted by Crippen LogP contribution is 2.28. The van der Waals surface area contributed by atoms with E-state index in [4.69, 9.17) is 0 Å². The standard InChI is InChI=1S/C11H13Br/c1-9(2)8-11(12)10-6-4-3-5-7-10/h3-7,11H,1,8H2,2H3. The van der Waals surface area contributed by atoms with Gasteiger partial charge in [0.05, 0.1) is 0 Å². The summed E-state index contributed by atoms with van der Waals surface area (Å²) in [5, 5.41) is 0. The second-order valence-corrected chi connectivity index (χ2v) is 4.14. The van der Waals surface area contributed by atoms with Gasteiger partial charge in [0.2, 0.25) is 0 Å². The van der Waals surface area contributed by atoms with Crippen LogP contribution in [-0.4, -0.2) is 0 Å². The van der Waals surface area contributed by atoms with Crippen LogP contribution in [0, 0.1) is 0 Å². The Balaban J connectivity index is 2.65. The molecule has 0 amide bonds. The number of alkyl halides is 1. The van der Waals surface area contributed by atoms with Gasteiger partial charge >= 0.3 is 0 Å². The number of rotatable bonds is 3. The topological polar surface area (TPSA) is 0 Å². The third kappa shape index (κ3) is 2.82. The van der Waals surface area contributed by atoms with Crippen LogP contribution in [0.4, 0.5) is 0 Å². The Hall–Kier alpha value is -0.560. The van der Waals surface area contributed by atoms with Gasteiger partial charge in [-0.15, -0.1) is 6.58 Å². The summed E-state index contributed by atoms with van der Waals surface area (Å²) >= 11 is 3.63. The molecule has 1 atom stereocenters. The molecule has 1 aromatic rings. The van der Waals surface area contributed by atoms with E-state index in [9.17, 15) is 0 Å². The Kier molecular flexibility index (Phi) is 3.54. The molecule has 0 aliphatic rings. The van der Waals surface area contributed by atoms with Crippen molar-refractivity contribution in [1.29, 1.82) is 0 Å². The van der Waals surface area contributed by atoms with E-state index in [1.807, 2.05) is 6.07 Å². The van der Waals surface area contributed by atoms with Gasteiger partial charge in [0.1, 0.15) is 0 Å². The summed E-state index contributed by atoms with van der Waals surface area (Å²) in [6.07, 6.45) is 1.00. The molecule has 0 saturated heterocycles. The minimum absolute atomic E-state index is 0.413. The molecule has 1 heteroatoms. The van der Waals surface area contributed by atoms with Gasteiger partial charge in [0, 0.05) is 4.83 Å². The molecule has 0 spiro atoms. The van der Waals surface area contributed by atoms with Crippen LogP contribution in [0.5, 0.6) is 0 Å². The Morgan fingerprint density at radius 2 is 2.00 bits per heavy atom. The number of hydrogen-bond donors (Lipinski definition) is 0. The van der Waals surface area contributed by atoms with Crippen molar-refractivity contribution in [2.45, 2.75) is 18.2 Å². The van der Waals surface area contributed by atoms with Gasteiger partial charge in [-0.2, -0.15) is 0 Å². The molecule has 12 heavy (non-hydrogen) atoms. The lowest BCUT2D eigenvalue weighted by molar-refractivity contribution is 0.935. The zero-order valence-corrected chi connectivity index (χ0v) is 8.84. The molecule has 1 aromatic carbocycles. The zero-order chi connectivity index (χ0) is 8.97. The average Bonchev–Trinajstić information content (AvgIpc) is 2.05. The van der Waals surface area contributed by atoms with E-state index < -0.39 is 0 Å². The van der Waals surface area contributed by atoms with Crippen LogP contribution >= 0.6 is 15.9 Å². The van der Waals surface area contributed by atoms with Crippen LogP contribution in [0.15, 0.2) is 42.5 Å². The van der Waals surface area contributed by atoms with Crippen LogP contribution in [0.2, 0.25) is 0 Å². The van der Waals surface area contributed by atoms with E-state index >= 15 is 0 Å². The molecular weight excluding hydrogens is 212 g/mol. The average molecular weight is 225 g/mol. The summed E-state index contributed by atoms with van der Waals surface area (Å²) in [5.41, 5.74) is 2.53. The maximum absolute atomic E-state index is 3.89. The van der Waals surface area contributed by atoms with Crippen molar-refractivity contribution >= 4 is 15.9 Å². The molecule has 1 rings (SSSR count). The molecule has 0 fully saturated rings. The summed E-state index contributed by atoms with van der Waals surface area (Å²) in [6.45, 7) is 5.94. The fourth-order valence-electron chi connectivity index (χ4n) is 1.09. The second-order valence-electron chi connectivity index (χ2n) is 3.04. The van der Waals surface area contributed by atoms with Crippen LogP contribution in [0.1, 0.15) is 23.7 Å². The predicted octanol–water partition coefficient (Wildman–Crippen LogP) is 4.09. The van der Waals surface area contributed by atoms with Crippen molar-refractivity contribution in [3.63, 3.8) is 0 Å². The van der Waals surface area contributed by atoms with Gasteiger partial charge in [0.25, 0.3) is 0 Å². The Labute approximate surface area is 82.4 Å². The van der Waals surface area contributed by atoms with E-state index in [0.29, 0.717) is 4.83 Å². The number of hydrogen-bond acceptors (Lipinski definition) is 0. The highest BCUT2D eigenvalue weighted by atomic mass is 79.9. The third-order valence-electron chi connectivity index (χ3n) is 1.69. The molecule has 0 heterocycles. The minimum atomic E-state index is 0.413. The van der Waals surface area contributed by atoms with Gasteiger partial charge < -0.3 is 0 Å². The SMILES string of the molecule is C=C(C)CC(Br)c1ccccc1. The first-order valence-electron chi connectivity index (χ1n) is 4.03. The third-order valence-corrected chi connectivity index (χ3v) is 2.54. The first-order valence-corrected chi connectivity index (χ1v) is 4.95. The molecule has 0 radical (unpaired) electrons. The van der Waals surface area contributed by atoms with Gasteiger partial charge in [-0.1, -0.05) is 51.8 Å². The summed E-state index contributed by atoms with van der Waals surface area (Å²) < 4.78 is 0. The first-order chi connectivity index (χ1) is 5.70. The summed E-state index contributed by atoms with van der Waals surface area (Å²) in [5.74, 6) is 0. The van der Waals surface area contributed by atoms with E-state index in [1.165, 1.54) is 11.1 Å². The molecule has 0 saturated carbocycles. The molecule has 0 N–H and O–H groups in total. The van der Waals surface area contributed by atoms with Crippen molar-refractivity contribution in [2.75, 3.05) is 0 Å². The van der Waals surface area contributed by atoms with Crippen molar-refractivity contribution in [3.8, 4) is 0 Å². The second kappa shape index (κ2) is 4.46. The van der Waals surface area contributed by atoms with Crippen molar-refractivity contribution in [1.82, 2.24) is 0 Å².